The Hall–Kier alpha value is -1.70. The first-order valence-corrected chi connectivity index (χ1v) is 10.6. The second kappa shape index (κ2) is 7.27. The third kappa shape index (κ3) is 3.94. The molecule has 1 fully saturated rings. The van der Waals surface area contributed by atoms with Crippen LogP contribution in [0.15, 0.2) is 40.6 Å². The van der Waals surface area contributed by atoms with E-state index < -0.39 is 15.9 Å². The summed E-state index contributed by atoms with van der Waals surface area (Å²) in [6.45, 7) is 3.08. The average Bonchev–Trinajstić information content (AvgIpc) is 3.24. The smallest absolute Gasteiger partial charge is 0.252 e. The van der Waals surface area contributed by atoms with E-state index in [1.54, 1.807) is 22.5 Å². The van der Waals surface area contributed by atoms with Crippen LogP contribution >= 0.6 is 11.3 Å². The Bertz CT molecular complexity index is 874. The molecule has 0 bridgehead atoms. The zero-order valence-electron chi connectivity index (χ0n) is 14.1. The lowest BCUT2D eigenvalue weighted by molar-refractivity contribution is 0.1000. The van der Waals surface area contributed by atoms with Crippen molar-refractivity contribution in [2.24, 2.45) is 11.7 Å². The lowest BCUT2D eigenvalue weighted by atomic mass is 9.97. The second-order valence-electron chi connectivity index (χ2n) is 6.36. The van der Waals surface area contributed by atoms with E-state index in [0.717, 1.165) is 29.7 Å². The third-order valence-corrected chi connectivity index (χ3v) is 8.13. The molecule has 3 rings (SSSR count). The van der Waals surface area contributed by atoms with E-state index in [2.05, 4.69) is 0 Å². The van der Waals surface area contributed by atoms with Gasteiger partial charge in [-0.3, -0.25) is 4.79 Å². The number of hydrogen-bond acceptors (Lipinski definition) is 4. The summed E-state index contributed by atoms with van der Waals surface area (Å²) in [5.74, 6) is -0.189. The van der Waals surface area contributed by atoms with Crippen LogP contribution in [-0.2, 0) is 22.9 Å². The van der Waals surface area contributed by atoms with Crippen LogP contribution in [0.3, 0.4) is 0 Å². The molecule has 25 heavy (non-hydrogen) atoms. The van der Waals surface area contributed by atoms with Crippen molar-refractivity contribution in [3.63, 3.8) is 0 Å². The Morgan fingerprint density at radius 1 is 1.32 bits per heavy atom. The summed E-state index contributed by atoms with van der Waals surface area (Å²) in [6.07, 6.45) is 2.42. The van der Waals surface area contributed by atoms with E-state index >= 15 is 0 Å². The highest BCUT2D eigenvalue weighted by Gasteiger charge is 2.33. The first-order valence-electron chi connectivity index (χ1n) is 8.37. The highest BCUT2D eigenvalue weighted by Crippen LogP contribution is 2.30. The van der Waals surface area contributed by atoms with Crippen LogP contribution in [0, 0.1) is 5.92 Å². The van der Waals surface area contributed by atoms with Crippen molar-refractivity contribution in [2.75, 3.05) is 13.1 Å². The minimum atomic E-state index is -3.40. The zero-order valence-corrected chi connectivity index (χ0v) is 15.8. The van der Waals surface area contributed by atoms with Gasteiger partial charge in [0.2, 0.25) is 5.91 Å². The number of rotatable bonds is 6. The van der Waals surface area contributed by atoms with Crippen LogP contribution in [0.4, 0.5) is 0 Å². The number of hydrogen-bond donors (Lipinski definition) is 1. The quantitative estimate of drug-likeness (QED) is 0.839. The Kier molecular flexibility index (Phi) is 5.27. The fourth-order valence-electron chi connectivity index (χ4n) is 3.18. The maximum Gasteiger partial charge on any atom is 0.252 e. The highest BCUT2D eigenvalue weighted by atomic mass is 32.2. The van der Waals surface area contributed by atoms with Crippen LogP contribution in [0.1, 0.15) is 34.1 Å². The Labute approximate surface area is 152 Å². The zero-order chi connectivity index (χ0) is 18.0. The summed E-state index contributed by atoms with van der Waals surface area (Å²) >= 11 is 1.36. The number of benzene rings is 1. The predicted octanol–water partition coefficient (Wildman–Crippen LogP) is 2.66. The average molecular weight is 379 g/mol. The van der Waals surface area contributed by atoms with E-state index in [-0.39, 0.29) is 5.92 Å². The molecule has 1 aliphatic heterocycles. The minimum absolute atomic E-state index is 0.253. The van der Waals surface area contributed by atoms with Gasteiger partial charge < -0.3 is 5.73 Å². The summed E-state index contributed by atoms with van der Waals surface area (Å²) in [6, 6.07) is 10.9. The monoisotopic (exact) mass is 378 g/mol. The van der Waals surface area contributed by atoms with Crippen molar-refractivity contribution in [1.29, 1.82) is 0 Å². The van der Waals surface area contributed by atoms with Crippen molar-refractivity contribution in [2.45, 2.75) is 30.4 Å². The molecule has 1 saturated heterocycles. The molecule has 0 aliphatic carbocycles. The first kappa shape index (κ1) is 18.1. The molecule has 1 aromatic heterocycles. The fraction of sp³-hybridized carbons (Fsp3) is 0.389. The molecule has 5 nitrogen and oxygen atoms in total. The van der Waals surface area contributed by atoms with Gasteiger partial charge in [0.25, 0.3) is 10.0 Å². The molecule has 1 amide bonds. The SMILES string of the molecule is CCc1ccc(S(=O)(=O)N2CC[C@H](Cc3cccc(C(N)=O)c3)C2)s1. The topological polar surface area (TPSA) is 80.5 Å². The fourth-order valence-corrected chi connectivity index (χ4v) is 6.16. The molecule has 7 heteroatoms. The number of carbonyl (C=O) groups is 1. The molecule has 2 aromatic rings. The molecule has 2 N–H and O–H groups in total. The number of sulfonamides is 1. The molecule has 0 unspecified atom stereocenters. The minimum Gasteiger partial charge on any atom is -0.366 e. The van der Waals surface area contributed by atoms with Gasteiger partial charge in [0.1, 0.15) is 4.21 Å². The Morgan fingerprint density at radius 2 is 2.12 bits per heavy atom. The van der Waals surface area contributed by atoms with Gasteiger partial charge in [0, 0.05) is 23.5 Å². The van der Waals surface area contributed by atoms with Crippen LogP contribution in [0.2, 0.25) is 0 Å². The highest BCUT2D eigenvalue weighted by molar-refractivity contribution is 7.91. The number of aryl methyl sites for hydroxylation is 1. The number of nitrogens with zero attached hydrogens (tertiary/aromatic N) is 1. The van der Waals surface area contributed by atoms with E-state index in [0.29, 0.717) is 22.9 Å². The Morgan fingerprint density at radius 3 is 2.80 bits per heavy atom. The van der Waals surface area contributed by atoms with Crippen LogP contribution in [0.25, 0.3) is 0 Å². The van der Waals surface area contributed by atoms with Crippen molar-refractivity contribution < 1.29 is 13.2 Å². The summed E-state index contributed by atoms with van der Waals surface area (Å²) in [5.41, 5.74) is 6.83. The van der Waals surface area contributed by atoms with Crippen molar-refractivity contribution in [3.05, 3.63) is 52.4 Å². The summed E-state index contributed by atoms with van der Waals surface area (Å²) in [5, 5.41) is 0. The van der Waals surface area contributed by atoms with Gasteiger partial charge in [-0.15, -0.1) is 11.3 Å². The molecule has 1 aliphatic rings. The summed E-state index contributed by atoms with van der Waals surface area (Å²) in [4.78, 5) is 12.4. The first-order chi connectivity index (χ1) is 11.9. The Balaban J connectivity index is 1.69. The largest absolute Gasteiger partial charge is 0.366 e. The molecular weight excluding hydrogens is 356 g/mol. The number of thiophene rings is 1. The van der Waals surface area contributed by atoms with Gasteiger partial charge in [-0.05, 0) is 55.0 Å². The number of nitrogens with two attached hydrogens (primary N) is 1. The van der Waals surface area contributed by atoms with Gasteiger partial charge in [0.15, 0.2) is 0 Å². The lowest BCUT2D eigenvalue weighted by Crippen LogP contribution is -2.28. The molecular formula is C18H22N2O3S2. The number of amides is 1. The van der Waals surface area contributed by atoms with E-state index in [4.69, 9.17) is 5.73 Å². The molecule has 134 valence electrons. The van der Waals surface area contributed by atoms with E-state index in [1.807, 2.05) is 25.1 Å². The molecule has 1 aromatic carbocycles. The van der Waals surface area contributed by atoms with Crippen molar-refractivity contribution in [3.8, 4) is 0 Å². The van der Waals surface area contributed by atoms with E-state index in [9.17, 15) is 13.2 Å². The van der Waals surface area contributed by atoms with E-state index in [1.165, 1.54) is 11.3 Å². The van der Waals surface area contributed by atoms with Gasteiger partial charge in [-0.25, -0.2) is 8.42 Å². The molecule has 0 saturated carbocycles. The molecule has 1 atom stereocenters. The third-order valence-electron chi connectivity index (χ3n) is 4.56. The summed E-state index contributed by atoms with van der Waals surface area (Å²) < 4.78 is 27.6. The molecule has 2 heterocycles. The number of primary amides is 1. The van der Waals surface area contributed by atoms with Gasteiger partial charge in [-0.2, -0.15) is 4.31 Å². The van der Waals surface area contributed by atoms with Crippen LogP contribution < -0.4 is 5.73 Å². The molecule has 0 radical (unpaired) electrons. The second-order valence-corrected chi connectivity index (χ2v) is 9.69. The van der Waals surface area contributed by atoms with Gasteiger partial charge in [-0.1, -0.05) is 19.1 Å². The maximum atomic E-state index is 12.8. The standard InChI is InChI=1S/C18H22N2O3S2/c1-2-16-6-7-17(24-16)25(22,23)20-9-8-14(12-20)10-13-4-3-5-15(11-13)18(19)21/h3-7,11,14H,2,8-10,12H2,1H3,(H2,19,21)/t14-/m1/s1. The molecule has 0 spiro atoms. The van der Waals surface area contributed by atoms with Crippen LogP contribution in [-0.4, -0.2) is 31.7 Å². The number of carbonyl (C=O) groups excluding carboxylic acids is 1. The maximum absolute atomic E-state index is 12.8. The normalized spacial score (nSPS) is 18.5. The van der Waals surface area contributed by atoms with Crippen LogP contribution in [0.5, 0.6) is 0 Å². The predicted molar refractivity (Wildman–Crippen MR) is 99.2 cm³/mol. The van der Waals surface area contributed by atoms with Gasteiger partial charge >= 0.3 is 0 Å². The van der Waals surface area contributed by atoms with Gasteiger partial charge in [0.05, 0.1) is 0 Å². The summed E-state index contributed by atoms with van der Waals surface area (Å²) in [7, 11) is -3.40. The lowest BCUT2D eigenvalue weighted by Gasteiger charge is -2.15. The van der Waals surface area contributed by atoms with Crippen molar-refractivity contribution >= 4 is 27.3 Å². The van der Waals surface area contributed by atoms with Crippen molar-refractivity contribution in [1.82, 2.24) is 4.31 Å².